The normalized spacial score (nSPS) is 10.9. The third-order valence-corrected chi connectivity index (χ3v) is 4.24. The Labute approximate surface area is 131 Å². The Morgan fingerprint density at radius 1 is 1.10 bits per heavy atom. The maximum atomic E-state index is 5.40. The number of rotatable bonds is 7. The summed E-state index contributed by atoms with van der Waals surface area (Å²) in [6, 6.07) is 17.4. The Balaban J connectivity index is 1.98. The molecule has 0 aromatic heterocycles. The van der Waals surface area contributed by atoms with Crippen molar-refractivity contribution in [3.8, 4) is 5.75 Å². The minimum atomic E-state index is 0.509. The molecule has 2 rings (SSSR count). The van der Waals surface area contributed by atoms with Crippen molar-refractivity contribution in [2.45, 2.75) is 37.1 Å². The molecule has 0 aliphatic heterocycles. The van der Waals surface area contributed by atoms with Gasteiger partial charge >= 0.3 is 0 Å². The van der Waals surface area contributed by atoms with Gasteiger partial charge in [-0.05, 0) is 23.8 Å². The fourth-order valence-corrected chi connectivity index (χ4v) is 3.02. The van der Waals surface area contributed by atoms with Crippen LogP contribution in [0.2, 0.25) is 0 Å². The third-order valence-electron chi connectivity index (χ3n) is 3.20. The summed E-state index contributed by atoms with van der Waals surface area (Å²) < 4.78 is 5.40. The molecule has 2 aromatic rings. The standard InChI is InChI=1S/C18H23NOS/c1-14(2)19-12-15-7-6-9-17(11-15)21-13-16-8-4-5-10-18(16)20-3/h4-11,14,19H,12-13H2,1-3H3. The lowest BCUT2D eigenvalue weighted by Crippen LogP contribution is -2.21. The fourth-order valence-electron chi connectivity index (χ4n) is 2.05. The van der Waals surface area contributed by atoms with Crippen molar-refractivity contribution >= 4 is 11.8 Å². The largest absolute Gasteiger partial charge is 0.496 e. The smallest absolute Gasteiger partial charge is 0.122 e. The van der Waals surface area contributed by atoms with Crippen LogP contribution in [0.4, 0.5) is 0 Å². The lowest BCUT2D eigenvalue weighted by Gasteiger charge is -2.10. The van der Waals surface area contributed by atoms with Crippen molar-refractivity contribution in [1.29, 1.82) is 0 Å². The number of hydrogen-bond donors (Lipinski definition) is 1. The van der Waals surface area contributed by atoms with E-state index < -0.39 is 0 Å². The maximum Gasteiger partial charge on any atom is 0.122 e. The Kier molecular flexibility index (Phi) is 6.15. The quantitative estimate of drug-likeness (QED) is 0.762. The highest BCUT2D eigenvalue weighted by molar-refractivity contribution is 7.98. The number of hydrogen-bond acceptors (Lipinski definition) is 3. The molecule has 0 aliphatic carbocycles. The first-order valence-corrected chi connectivity index (χ1v) is 8.24. The van der Waals surface area contributed by atoms with E-state index in [4.69, 9.17) is 4.74 Å². The van der Waals surface area contributed by atoms with Gasteiger partial charge in [0.2, 0.25) is 0 Å². The maximum absolute atomic E-state index is 5.40. The van der Waals surface area contributed by atoms with Crippen molar-refractivity contribution in [1.82, 2.24) is 5.32 Å². The molecular formula is C18H23NOS. The summed E-state index contributed by atoms with van der Waals surface area (Å²) in [5.74, 6) is 1.88. The van der Waals surface area contributed by atoms with Crippen LogP contribution in [0.1, 0.15) is 25.0 Å². The van der Waals surface area contributed by atoms with Crippen LogP contribution in [0.3, 0.4) is 0 Å². The van der Waals surface area contributed by atoms with E-state index in [-0.39, 0.29) is 0 Å². The Morgan fingerprint density at radius 2 is 1.90 bits per heavy atom. The Hall–Kier alpha value is -1.45. The first-order chi connectivity index (χ1) is 10.2. The topological polar surface area (TPSA) is 21.3 Å². The summed E-state index contributed by atoms with van der Waals surface area (Å²) in [4.78, 5) is 1.30. The van der Waals surface area contributed by atoms with E-state index in [9.17, 15) is 0 Å². The van der Waals surface area contributed by atoms with Crippen molar-refractivity contribution in [2.75, 3.05) is 7.11 Å². The lowest BCUT2D eigenvalue weighted by molar-refractivity contribution is 0.411. The van der Waals surface area contributed by atoms with Gasteiger partial charge in [0.1, 0.15) is 5.75 Å². The molecule has 0 amide bonds. The molecule has 0 unspecified atom stereocenters. The molecule has 0 spiro atoms. The molecule has 1 N–H and O–H groups in total. The van der Waals surface area contributed by atoms with Crippen LogP contribution in [0.15, 0.2) is 53.4 Å². The molecule has 2 aromatic carbocycles. The molecular weight excluding hydrogens is 278 g/mol. The Morgan fingerprint density at radius 3 is 2.67 bits per heavy atom. The van der Waals surface area contributed by atoms with Gasteiger partial charge in [-0.15, -0.1) is 11.8 Å². The second-order valence-electron chi connectivity index (χ2n) is 5.28. The Bertz CT molecular complexity index is 569. The average molecular weight is 301 g/mol. The van der Waals surface area contributed by atoms with E-state index in [2.05, 4.69) is 55.6 Å². The molecule has 0 fully saturated rings. The molecule has 0 heterocycles. The molecule has 0 radical (unpaired) electrons. The van der Waals surface area contributed by atoms with Gasteiger partial charge < -0.3 is 10.1 Å². The van der Waals surface area contributed by atoms with Crippen LogP contribution in [-0.2, 0) is 12.3 Å². The van der Waals surface area contributed by atoms with Crippen LogP contribution in [0.25, 0.3) is 0 Å². The molecule has 2 nitrogen and oxygen atoms in total. The first-order valence-electron chi connectivity index (χ1n) is 7.26. The van der Waals surface area contributed by atoms with E-state index in [1.54, 1.807) is 7.11 Å². The summed E-state index contributed by atoms with van der Waals surface area (Å²) in [5, 5.41) is 3.45. The minimum Gasteiger partial charge on any atom is -0.496 e. The van der Waals surface area contributed by atoms with Crippen LogP contribution in [0.5, 0.6) is 5.75 Å². The number of thioether (sulfide) groups is 1. The summed E-state index contributed by atoms with van der Waals surface area (Å²) in [6.07, 6.45) is 0. The van der Waals surface area contributed by atoms with Crippen LogP contribution < -0.4 is 10.1 Å². The van der Waals surface area contributed by atoms with Crippen LogP contribution in [0, 0.1) is 0 Å². The van der Waals surface area contributed by atoms with E-state index >= 15 is 0 Å². The molecule has 0 atom stereocenters. The summed E-state index contributed by atoms with van der Waals surface area (Å²) in [6.45, 7) is 5.25. The monoisotopic (exact) mass is 301 g/mol. The summed E-state index contributed by atoms with van der Waals surface area (Å²) >= 11 is 1.84. The van der Waals surface area contributed by atoms with Gasteiger partial charge in [-0.2, -0.15) is 0 Å². The molecule has 3 heteroatoms. The number of methoxy groups -OCH3 is 1. The SMILES string of the molecule is COc1ccccc1CSc1cccc(CNC(C)C)c1. The van der Waals surface area contributed by atoms with Gasteiger partial charge in [-0.25, -0.2) is 0 Å². The zero-order valence-corrected chi connectivity index (χ0v) is 13.7. The number of benzene rings is 2. The van der Waals surface area contributed by atoms with Gasteiger partial charge in [0.25, 0.3) is 0 Å². The first kappa shape index (κ1) is 15.9. The molecule has 21 heavy (non-hydrogen) atoms. The highest BCUT2D eigenvalue weighted by Crippen LogP contribution is 2.28. The fraction of sp³-hybridized carbons (Fsp3) is 0.333. The predicted molar refractivity (Wildman–Crippen MR) is 91.0 cm³/mol. The van der Waals surface area contributed by atoms with Crippen LogP contribution >= 0.6 is 11.8 Å². The van der Waals surface area contributed by atoms with Crippen molar-refractivity contribution in [3.63, 3.8) is 0 Å². The number of ether oxygens (including phenoxy) is 1. The molecule has 0 aliphatic rings. The zero-order chi connectivity index (χ0) is 15.1. The van der Waals surface area contributed by atoms with E-state index in [0.29, 0.717) is 6.04 Å². The second kappa shape index (κ2) is 8.11. The van der Waals surface area contributed by atoms with Crippen molar-refractivity contribution in [3.05, 3.63) is 59.7 Å². The predicted octanol–water partition coefficient (Wildman–Crippen LogP) is 4.49. The van der Waals surface area contributed by atoms with Gasteiger partial charge in [0, 0.05) is 28.8 Å². The summed E-state index contributed by atoms with van der Waals surface area (Å²) in [5.41, 5.74) is 2.56. The van der Waals surface area contributed by atoms with Gasteiger partial charge in [0.15, 0.2) is 0 Å². The van der Waals surface area contributed by atoms with Gasteiger partial charge in [0.05, 0.1) is 7.11 Å². The molecule has 0 saturated carbocycles. The van der Waals surface area contributed by atoms with E-state index in [0.717, 1.165) is 18.0 Å². The second-order valence-corrected chi connectivity index (χ2v) is 6.33. The van der Waals surface area contributed by atoms with E-state index in [1.165, 1.54) is 16.0 Å². The molecule has 0 bridgehead atoms. The molecule has 112 valence electrons. The third kappa shape index (κ3) is 5.10. The lowest BCUT2D eigenvalue weighted by atomic mass is 10.2. The minimum absolute atomic E-state index is 0.509. The van der Waals surface area contributed by atoms with Crippen LogP contribution in [-0.4, -0.2) is 13.2 Å². The highest BCUT2D eigenvalue weighted by Gasteiger charge is 2.03. The van der Waals surface area contributed by atoms with Crippen molar-refractivity contribution in [2.24, 2.45) is 0 Å². The zero-order valence-electron chi connectivity index (χ0n) is 12.9. The van der Waals surface area contributed by atoms with E-state index in [1.807, 2.05) is 23.9 Å². The molecule has 0 saturated heterocycles. The average Bonchev–Trinajstić information content (AvgIpc) is 2.51. The number of nitrogens with one attached hydrogen (secondary N) is 1. The van der Waals surface area contributed by atoms with Gasteiger partial charge in [-0.1, -0.05) is 44.2 Å². The number of para-hydroxylation sites is 1. The van der Waals surface area contributed by atoms with Crippen molar-refractivity contribution < 1.29 is 4.74 Å². The summed E-state index contributed by atoms with van der Waals surface area (Å²) in [7, 11) is 1.72. The van der Waals surface area contributed by atoms with Gasteiger partial charge in [-0.3, -0.25) is 0 Å². The highest BCUT2D eigenvalue weighted by atomic mass is 32.2.